The zero-order valence-electron chi connectivity index (χ0n) is 9.48. The molecule has 0 saturated heterocycles. The summed E-state index contributed by atoms with van der Waals surface area (Å²) in [7, 11) is 2.01. The van der Waals surface area contributed by atoms with Crippen LogP contribution in [0, 0.1) is 5.41 Å². The summed E-state index contributed by atoms with van der Waals surface area (Å²) in [6.07, 6.45) is 6.48. The van der Waals surface area contributed by atoms with E-state index in [0.29, 0.717) is 11.6 Å². The Morgan fingerprint density at radius 2 is 2.19 bits per heavy atom. The maximum Gasteiger partial charge on any atom is 0.162 e. The summed E-state index contributed by atoms with van der Waals surface area (Å²) in [4.78, 5) is 2.11. The first-order chi connectivity index (χ1) is 7.70. The van der Waals surface area contributed by atoms with Crippen LogP contribution < -0.4 is 10.6 Å². The molecule has 1 heterocycles. The predicted octanol–water partition coefficient (Wildman–Crippen LogP) is 1.14. The van der Waals surface area contributed by atoms with Crippen molar-refractivity contribution >= 4 is 11.7 Å². The van der Waals surface area contributed by atoms with Crippen molar-refractivity contribution in [1.82, 2.24) is 10.2 Å². The molecule has 0 bridgehead atoms. The molecule has 5 heteroatoms. The number of hydrogen-bond acceptors (Lipinski definition) is 4. The van der Waals surface area contributed by atoms with E-state index in [9.17, 15) is 0 Å². The molecule has 1 saturated carbocycles. The Morgan fingerprint density at radius 3 is 2.81 bits per heavy atom. The van der Waals surface area contributed by atoms with Crippen molar-refractivity contribution in [3.05, 3.63) is 17.8 Å². The molecule has 0 spiro atoms. The van der Waals surface area contributed by atoms with Gasteiger partial charge in [-0.3, -0.25) is 5.41 Å². The first-order valence-electron chi connectivity index (χ1n) is 5.59. The van der Waals surface area contributed by atoms with E-state index in [1.807, 2.05) is 7.05 Å². The molecule has 0 unspecified atom stereocenters. The highest BCUT2D eigenvalue weighted by molar-refractivity contribution is 5.99. The van der Waals surface area contributed by atoms with Gasteiger partial charge < -0.3 is 10.6 Å². The van der Waals surface area contributed by atoms with E-state index >= 15 is 0 Å². The second-order valence-electron chi connectivity index (χ2n) is 4.23. The van der Waals surface area contributed by atoms with Crippen molar-refractivity contribution in [3.63, 3.8) is 0 Å². The molecule has 1 aromatic rings. The SMILES string of the molecule is CN(c1nnccc1C(=N)N)C1CCCC1. The number of nitrogens with one attached hydrogen (secondary N) is 1. The second kappa shape index (κ2) is 4.47. The summed E-state index contributed by atoms with van der Waals surface area (Å²) in [5.41, 5.74) is 6.21. The van der Waals surface area contributed by atoms with Crippen LogP contribution in [0.1, 0.15) is 31.2 Å². The Hall–Kier alpha value is -1.65. The molecule has 0 aliphatic heterocycles. The van der Waals surface area contributed by atoms with Crippen LogP contribution in [0.2, 0.25) is 0 Å². The first kappa shape index (κ1) is 10.9. The van der Waals surface area contributed by atoms with Gasteiger partial charge in [0.15, 0.2) is 5.82 Å². The molecule has 1 aliphatic rings. The smallest absolute Gasteiger partial charge is 0.162 e. The molecular formula is C11H17N5. The van der Waals surface area contributed by atoms with Gasteiger partial charge >= 0.3 is 0 Å². The quantitative estimate of drug-likeness (QED) is 0.590. The van der Waals surface area contributed by atoms with E-state index in [-0.39, 0.29) is 5.84 Å². The summed E-state index contributed by atoms with van der Waals surface area (Å²) in [6.45, 7) is 0. The summed E-state index contributed by atoms with van der Waals surface area (Å²) in [5.74, 6) is 0.775. The van der Waals surface area contributed by atoms with Crippen molar-refractivity contribution in [2.45, 2.75) is 31.7 Å². The number of nitrogens with zero attached hydrogens (tertiary/aromatic N) is 3. The van der Waals surface area contributed by atoms with Crippen LogP contribution in [0.3, 0.4) is 0 Å². The summed E-state index contributed by atoms with van der Waals surface area (Å²) in [6, 6.07) is 2.26. The number of nitrogens with two attached hydrogens (primary N) is 1. The van der Waals surface area contributed by atoms with Crippen molar-refractivity contribution < 1.29 is 0 Å². The van der Waals surface area contributed by atoms with Crippen molar-refractivity contribution in [1.29, 1.82) is 5.41 Å². The number of aromatic nitrogens is 2. The van der Waals surface area contributed by atoms with Crippen LogP contribution in [0.4, 0.5) is 5.82 Å². The van der Waals surface area contributed by atoms with E-state index in [1.165, 1.54) is 25.7 Å². The molecule has 86 valence electrons. The van der Waals surface area contributed by atoms with Gasteiger partial charge in [-0.1, -0.05) is 12.8 Å². The molecule has 0 aromatic carbocycles. The third-order valence-corrected chi connectivity index (χ3v) is 3.20. The summed E-state index contributed by atoms with van der Waals surface area (Å²) < 4.78 is 0. The van der Waals surface area contributed by atoms with Gasteiger partial charge in [0, 0.05) is 13.1 Å². The average Bonchev–Trinajstić information content (AvgIpc) is 2.81. The minimum absolute atomic E-state index is 0.0507. The normalized spacial score (nSPS) is 16.3. The fourth-order valence-electron chi connectivity index (χ4n) is 2.26. The molecule has 0 radical (unpaired) electrons. The van der Waals surface area contributed by atoms with E-state index in [1.54, 1.807) is 12.3 Å². The lowest BCUT2D eigenvalue weighted by Gasteiger charge is -2.26. The van der Waals surface area contributed by atoms with Crippen LogP contribution in [0.15, 0.2) is 12.3 Å². The molecule has 0 amide bonds. The molecule has 1 fully saturated rings. The molecule has 3 N–H and O–H groups in total. The fourth-order valence-corrected chi connectivity index (χ4v) is 2.26. The second-order valence-corrected chi connectivity index (χ2v) is 4.23. The first-order valence-corrected chi connectivity index (χ1v) is 5.59. The minimum Gasteiger partial charge on any atom is -0.384 e. The van der Waals surface area contributed by atoms with E-state index in [2.05, 4.69) is 15.1 Å². The Morgan fingerprint density at radius 1 is 1.50 bits per heavy atom. The van der Waals surface area contributed by atoms with Gasteiger partial charge in [-0.25, -0.2) is 0 Å². The van der Waals surface area contributed by atoms with Crippen LogP contribution in [-0.4, -0.2) is 29.1 Å². The minimum atomic E-state index is 0.0507. The van der Waals surface area contributed by atoms with Crippen LogP contribution in [0.5, 0.6) is 0 Å². The molecular weight excluding hydrogens is 202 g/mol. The largest absolute Gasteiger partial charge is 0.384 e. The van der Waals surface area contributed by atoms with Gasteiger partial charge in [-0.05, 0) is 18.9 Å². The van der Waals surface area contributed by atoms with Gasteiger partial charge in [0.05, 0.1) is 11.8 Å². The average molecular weight is 219 g/mol. The molecule has 1 aromatic heterocycles. The topological polar surface area (TPSA) is 78.9 Å². The van der Waals surface area contributed by atoms with Gasteiger partial charge in [0.2, 0.25) is 0 Å². The molecule has 2 rings (SSSR count). The number of rotatable bonds is 3. The highest BCUT2D eigenvalue weighted by Gasteiger charge is 2.23. The maximum atomic E-state index is 7.52. The summed E-state index contributed by atoms with van der Waals surface area (Å²) >= 11 is 0. The monoisotopic (exact) mass is 219 g/mol. The highest BCUT2D eigenvalue weighted by Crippen LogP contribution is 2.27. The van der Waals surface area contributed by atoms with E-state index in [0.717, 1.165) is 5.82 Å². The lowest BCUT2D eigenvalue weighted by molar-refractivity contribution is 0.641. The third-order valence-electron chi connectivity index (χ3n) is 3.20. The Labute approximate surface area is 95.2 Å². The predicted molar refractivity (Wildman–Crippen MR) is 63.7 cm³/mol. The lowest BCUT2D eigenvalue weighted by Crippen LogP contribution is -2.32. The number of amidine groups is 1. The van der Waals surface area contributed by atoms with Crippen molar-refractivity contribution in [2.24, 2.45) is 5.73 Å². The zero-order chi connectivity index (χ0) is 11.5. The fraction of sp³-hybridized carbons (Fsp3) is 0.545. The van der Waals surface area contributed by atoms with Gasteiger partial charge in [0.25, 0.3) is 0 Å². The Bertz CT molecular complexity index is 384. The Kier molecular flexibility index (Phi) is 3.03. The van der Waals surface area contributed by atoms with Crippen molar-refractivity contribution in [3.8, 4) is 0 Å². The maximum absolute atomic E-state index is 7.52. The Balaban J connectivity index is 2.27. The van der Waals surface area contributed by atoms with E-state index < -0.39 is 0 Å². The third kappa shape index (κ3) is 1.98. The number of nitrogen functional groups attached to an aromatic ring is 1. The molecule has 5 nitrogen and oxygen atoms in total. The van der Waals surface area contributed by atoms with Crippen LogP contribution >= 0.6 is 0 Å². The number of anilines is 1. The lowest BCUT2D eigenvalue weighted by atomic mass is 10.2. The van der Waals surface area contributed by atoms with Gasteiger partial charge in [-0.15, -0.1) is 5.10 Å². The summed E-state index contributed by atoms with van der Waals surface area (Å²) in [5, 5.41) is 15.5. The number of hydrogen-bond donors (Lipinski definition) is 2. The highest BCUT2D eigenvalue weighted by atomic mass is 15.3. The van der Waals surface area contributed by atoms with Crippen LogP contribution in [-0.2, 0) is 0 Å². The van der Waals surface area contributed by atoms with Gasteiger partial charge in [-0.2, -0.15) is 5.10 Å². The van der Waals surface area contributed by atoms with Crippen molar-refractivity contribution in [2.75, 3.05) is 11.9 Å². The standard InChI is InChI=1S/C11H17N5/c1-16(8-4-2-3-5-8)11-9(10(12)13)6-7-14-15-11/h6-8H,2-5H2,1H3,(H3,12,13). The van der Waals surface area contributed by atoms with Crippen LogP contribution in [0.25, 0.3) is 0 Å². The van der Waals surface area contributed by atoms with Gasteiger partial charge in [0.1, 0.15) is 5.84 Å². The molecule has 16 heavy (non-hydrogen) atoms. The zero-order valence-corrected chi connectivity index (χ0v) is 9.48. The molecule has 0 atom stereocenters. The molecule has 1 aliphatic carbocycles. The van der Waals surface area contributed by atoms with E-state index in [4.69, 9.17) is 11.1 Å².